The molecule has 1 atom stereocenters. The van der Waals surface area contributed by atoms with Crippen molar-refractivity contribution in [3.8, 4) is 11.5 Å². The number of para-hydroxylation sites is 1. The van der Waals surface area contributed by atoms with Gasteiger partial charge in [-0.1, -0.05) is 30.3 Å². The molecule has 1 N–H and O–H groups in total. The van der Waals surface area contributed by atoms with Crippen molar-refractivity contribution < 1.29 is 24.2 Å². The van der Waals surface area contributed by atoms with Crippen molar-refractivity contribution in [3.05, 3.63) is 65.2 Å². The minimum absolute atomic E-state index is 0.0434. The van der Waals surface area contributed by atoms with E-state index >= 15 is 0 Å². The fraction of sp³-hybridized carbons (Fsp3) is 0.333. The molecule has 0 radical (unpaired) electrons. The van der Waals surface area contributed by atoms with Gasteiger partial charge in [-0.25, -0.2) is 0 Å². The lowest BCUT2D eigenvalue weighted by Crippen LogP contribution is -2.35. The number of aliphatic hydroxyl groups excluding tert-OH is 1. The van der Waals surface area contributed by atoms with Gasteiger partial charge >= 0.3 is 0 Å². The van der Waals surface area contributed by atoms with Crippen molar-refractivity contribution in [3.63, 3.8) is 0 Å². The molecule has 1 unspecified atom stereocenters. The maximum absolute atomic E-state index is 13.1. The van der Waals surface area contributed by atoms with Crippen LogP contribution in [-0.2, 0) is 9.59 Å². The summed E-state index contributed by atoms with van der Waals surface area (Å²) in [6.45, 7) is 3.24. The van der Waals surface area contributed by atoms with Gasteiger partial charge in [-0.05, 0) is 39.2 Å². The normalized spacial score (nSPS) is 18.0. The molecule has 7 heteroatoms. The smallest absolute Gasteiger partial charge is 0.295 e. The standard InChI is InChI=1S/C24H28N2O5/c1-5-31-17-10-8-9-16(15-17)22(27)20-21(18-11-6-7-12-19(18)30-4)26(14-13-25(2)3)24(29)23(20)28/h6-12,15,21,27H,5,13-14H2,1-4H3/b22-20-. The van der Waals surface area contributed by atoms with E-state index in [-0.39, 0.29) is 11.3 Å². The Kier molecular flexibility index (Phi) is 6.97. The van der Waals surface area contributed by atoms with E-state index in [0.717, 1.165) is 0 Å². The minimum Gasteiger partial charge on any atom is -0.507 e. The molecule has 1 amide bonds. The van der Waals surface area contributed by atoms with Crippen LogP contribution in [0.25, 0.3) is 5.76 Å². The van der Waals surface area contributed by atoms with Gasteiger partial charge in [0.1, 0.15) is 17.3 Å². The molecule has 3 rings (SSSR count). The third kappa shape index (κ3) is 4.56. The first-order chi connectivity index (χ1) is 14.9. The van der Waals surface area contributed by atoms with Crippen LogP contribution in [0.3, 0.4) is 0 Å². The molecule has 1 aliphatic rings. The highest BCUT2D eigenvalue weighted by Crippen LogP contribution is 2.42. The van der Waals surface area contributed by atoms with Crippen LogP contribution in [0.4, 0.5) is 0 Å². The number of likely N-dealkylation sites (tertiary alicyclic amines) is 1. The van der Waals surface area contributed by atoms with Gasteiger partial charge in [-0.2, -0.15) is 0 Å². The summed E-state index contributed by atoms with van der Waals surface area (Å²) in [6, 6.07) is 13.3. The Morgan fingerprint density at radius 3 is 2.55 bits per heavy atom. The van der Waals surface area contributed by atoms with E-state index < -0.39 is 17.7 Å². The number of nitrogens with zero attached hydrogens (tertiary/aromatic N) is 2. The van der Waals surface area contributed by atoms with Gasteiger partial charge in [0.2, 0.25) is 0 Å². The zero-order chi connectivity index (χ0) is 22.5. The number of rotatable bonds is 8. The lowest BCUT2D eigenvalue weighted by molar-refractivity contribution is -0.140. The van der Waals surface area contributed by atoms with Gasteiger partial charge in [0.05, 0.1) is 25.3 Å². The number of carbonyl (C=O) groups excluding carboxylic acids is 2. The van der Waals surface area contributed by atoms with Crippen LogP contribution in [-0.4, -0.2) is 67.5 Å². The van der Waals surface area contributed by atoms with Gasteiger partial charge in [0.15, 0.2) is 0 Å². The topological polar surface area (TPSA) is 79.3 Å². The fourth-order valence-corrected chi connectivity index (χ4v) is 3.69. The number of ether oxygens (including phenoxy) is 2. The Morgan fingerprint density at radius 2 is 1.87 bits per heavy atom. The van der Waals surface area contributed by atoms with E-state index in [9.17, 15) is 14.7 Å². The summed E-state index contributed by atoms with van der Waals surface area (Å²) in [5.74, 6) is -0.474. The molecule has 164 valence electrons. The lowest BCUT2D eigenvalue weighted by atomic mass is 9.94. The van der Waals surface area contributed by atoms with E-state index in [0.29, 0.717) is 42.3 Å². The van der Waals surface area contributed by atoms with Crippen LogP contribution >= 0.6 is 0 Å². The maximum atomic E-state index is 13.1. The van der Waals surface area contributed by atoms with Crippen LogP contribution in [0.5, 0.6) is 11.5 Å². The third-order valence-electron chi connectivity index (χ3n) is 5.18. The van der Waals surface area contributed by atoms with Crippen LogP contribution < -0.4 is 9.47 Å². The monoisotopic (exact) mass is 424 g/mol. The largest absolute Gasteiger partial charge is 0.507 e. The number of hydrogen-bond donors (Lipinski definition) is 1. The van der Waals surface area contributed by atoms with Gasteiger partial charge in [-0.15, -0.1) is 0 Å². The number of likely N-dealkylation sites (N-methyl/N-ethyl adjacent to an activating group) is 1. The maximum Gasteiger partial charge on any atom is 0.295 e. The third-order valence-corrected chi connectivity index (χ3v) is 5.18. The number of Topliss-reactive ketones (excluding diaryl/α,β-unsaturated/α-hetero) is 1. The molecule has 31 heavy (non-hydrogen) atoms. The average molecular weight is 424 g/mol. The first kappa shape index (κ1) is 22.4. The molecular weight excluding hydrogens is 396 g/mol. The highest BCUT2D eigenvalue weighted by Gasteiger charge is 2.46. The minimum atomic E-state index is -0.758. The molecule has 0 aliphatic carbocycles. The van der Waals surface area contributed by atoms with E-state index in [2.05, 4.69) is 0 Å². The molecule has 0 bridgehead atoms. The van der Waals surface area contributed by atoms with Gasteiger partial charge in [0.25, 0.3) is 11.7 Å². The molecular formula is C24H28N2O5. The van der Waals surface area contributed by atoms with Crippen molar-refractivity contribution >= 4 is 17.4 Å². The Morgan fingerprint density at radius 1 is 1.13 bits per heavy atom. The Bertz CT molecular complexity index is 999. The Balaban J connectivity index is 2.18. The summed E-state index contributed by atoms with van der Waals surface area (Å²) in [6.07, 6.45) is 0. The molecule has 7 nitrogen and oxygen atoms in total. The van der Waals surface area contributed by atoms with E-state index in [1.54, 1.807) is 30.3 Å². The van der Waals surface area contributed by atoms with Crippen molar-refractivity contribution in [2.45, 2.75) is 13.0 Å². The van der Waals surface area contributed by atoms with Crippen LogP contribution in [0.1, 0.15) is 24.1 Å². The summed E-state index contributed by atoms with van der Waals surface area (Å²) in [4.78, 5) is 29.5. The quantitative estimate of drug-likeness (QED) is 0.399. The van der Waals surface area contributed by atoms with Gasteiger partial charge in [-0.3, -0.25) is 9.59 Å². The molecule has 1 heterocycles. The number of ketones is 1. The number of aliphatic hydroxyl groups is 1. The van der Waals surface area contributed by atoms with E-state index in [1.807, 2.05) is 44.1 Å². The number of methoxy groups -OCH3 is 1. The highest BCUT2D eigenvalue weighted by molar-refractivity contribution is 6.46. The predicted molar refractivity (Wildman–Crippen MR) is 118 cm³/mol. The SMILES string of the molecule is CCOc1cccc(/C(O)=C2/C(=O)C(=O)N(CCN(C)C)C2c2ccccc2OC)c1. The molecule has 0 aromatic heterocycles. The number of benzene rings is 2. The second kappa shape index (κ2) is 9.66. The predicted octanol–water partition coefficient (Wildman–Crippen LogP) is 3.08. The molecule has 2 aromatic rings. The van der Waals surface area contributed by atoms with Crippen LogP contribution in [0, 0.1) is 0 Å². The van der Waals surface area contributed by atoms with E-state index in [4.69, 9.17) is 9.47 Å². The van der Waals surface area contributed by atoms with Crippen LogP contribution in [0.15, 0.2) is 54.1 Å². The molecule has 2 aromatic carbocycles. The zero-order valence-corrected chi connectivity index (χ0v) is 18.3. The number of amides is 1. The average Bonchev–Trinajstić information content (AvgIpc) is 3.02. The number of hydrogen-bond acceptors (Lipinski definition) is 6. The molecule has 1 aliphatic heterocycles. The Hall–Kier alpha value is -3.32. The molecule has 1 fully saturated rings. The van der Waals surface area contributed by atoms with Crippen molar-refractivity contribution in [1.29, 1.82) is 0 Å². The highest BCUT2D eigenvalue weighted by atomic mass is 16.5. The molecule has 1 saturated heterocycles. The van der Waals surface area contributed by atoms with E-state index in [1.165, 1.54) is 12.0 Å². The van der Waals surface area contributed by atoms with Crippen molar-refractivity contribution in [2.24, 2.45) is 0 Å². The van der Waals surface area contributed by atoms with Crippen molar-refractivity contribution in [1.82, 2.24) is 9.80 Å². The summed E-state index contributed by atoms with van der Waals surface area (Å²) in [5, 5.41) is 11.2. The van der Waals surface area contributed by atoms with Gasteiger partial charge in [0, 0.05) is 24.2 Å². The molecule has 0 spiro atoms. The number of carbonyl (C=O) groups is 2. The lowest BCUT2D eigenvalue weighted by Gasteiger charge is -2.27. The first-order valence-corrected chi connectivity index (χ1v) is 10.2. The summed E-state index contributed by atoms with van der Waals surface area (Å²) in [5.41, 5.74) is 1.10. The first-order valence-electron chi connectivity index (χ1n) is 10.2. The van der Waals surface area contributed by atoms with Gasteiger partial charge < -0.3 is 24.4 Å². The second-order valence-corrected chi connectivity index (χ2v) is 7.50. The summed E-state index contributed by atoms with van der Waals surface area (Å²) < 4.78 is 11.0. The second-order valence-electron chi connectivity index (χ2n) is 7.50. The molecule has 0 saturated carbocycles. The van der Waals surface area contributed by atoms with Crippen LogP contribution in [0.2, 0.25) is 0 Å². The summed E-state index contributed by atoms with van der Waals surface area (Å²) >= 11 is 0. The fourth-order valence-electron chi connectivity index (χ4n) is 3.69. The van der Waals surface area contributed by atoms with Crippen molar-refractivity contribution in [2.75, 3.05) is 40.9 Å². The Labute approximate surface area is 182 Å². The summed E-state index contributed by atoms with van der Waals surface area (Å²) in [7, 11) is 5.33. The zero-order valence-electron chi connectivity index (χ0n) is 18.3.